The molecule has 17 heavy (non-hydrogen) atoms. The second-order valence-electron chi connectivity index (χ2n) is 3.62. The van der Waals surface area contributed by atoms with Crippen LogP contribution in [0.4, 0.5) is 0 Å². The van der Waals surface area contributed by atoms with E-state index in [1.807, 2.05) is 0 Å². The van der Waals surface area contributed by atoms with Crippen LogP contribution < -0.4 is 5.56 Å². The molecular weight excluding hydrogens is 224 g/mol. The molecule has 2 aromatic rings. The van der Waals surface area contributed by atoms with Gasteiger partial charge in [-0.3, -0.25) is 4.79 Å². The highest BCUT2D eigenvalue weighted by Gasteiger charge is 2.07. The zero-order valence-electron chi connectivity index (χ0n) is 9.08. The first-order valence-electron chi connectivity index (χ1n) is 4.92. The number of hydrogen-bond donors (Lipinski definition) is 1. The van der Waals surface area contributed by atoms with Crippen molar-refractivity contribution in [3.05, 3.63) is 51.8 Å². The van der Waals surface area contributed by atoms with E-state index >= 15 is 0 Å². The van der Waals surface area contributed by atoms with E-state index < -0.39 is 5.97 Å². The number of pyridine rings is 1. The van der Waals surface area contributed by atoms with Crippen molar-refractivity contribution in [2.75, 3.05) is 0 Å². The lowest BCUT2D eigenvalue weighted by molar-refractivity contribution is 0.0696. The van der Waals surface area contributed by atoms with Crippen LogP contribution in [0.1, 0.15) is 21.8 Å². The molecule has 0 bridgehead atoms. The summed E-state index contributed by atoms with van der Waals surface area (Å²) in [6.45, 7) is 2.02. The molecule has 0 aliphatic carbocycles. The maximum Gasteiger partial charge on any atom is 0.335 e. The molecule has 88 valence electrons. The normalized spacial score (nSPS) is 10.4. The summed E-state index contributed by atoms with van der Waals surface area (Å²) in [5, 5.41) is 12.4. The predicted molar refractivity (Wildman–Crippen MR) is 58.0 cm³/mol. The lowest BCUT2D eigenvalue weighted by Crippen LogP contribution is -2.20. The fourth-order valence-electron chi connectivity index (χ4n) is 1.43. The van der Waals surface area contributed by atoms with Gasteiger partial charge in [0.15, 0.2) is 5.76 Å². The molecule has 2 heterocycles. The monoisotopic (exact) mass is 234 g/mol. The number of carbonyl (C=O) groups is 1. The smallest absolute Gasteiger partial charge is 0.335 e. The Hall–Kier alpha value is -2.37. The van der Waals surface area contributed by atoms with Gasteiger partial charge in [-0.05, 0) is 13.0 Å². The largest absolute Gasteiger partial charge is 0.478 e. The number of nitrogens with zero attached hydrogens (tertiary/aromatic N) is 2. The average molecular weight is 234 g/mol. The SMILES string of the molecule is Cc1cc(Cn2ccc(C(=O)O)cc2=O)on1. The van der Waals surface area contributed by atoms with Crippen LogP contribution in [-0.4, -0.2) is 20.8 Å². The van der Waals surface area contributed by atoms with E-state index in [2.05, 4.69) is 5.16 Å². The highest BCUT2D eigenvalue weighted by atomic mass is 16.5. The molecule has 0 aliphatic heterocycles. The van der Waals surface area contributed by atoms with Crippen LogP contribution in [0.25, 0.3) is 0 Å². The van der Waals surface area contributed by atoms with Gasteiger partial charge in [0.1, 0.15) is 0 Å². The van der Waals surface area contributed by atoms with E-state index in [9.17, 15) is 9.59 Å². The summed E-state index contributed by atoms with van der Waals surface area (Å²) in [5.74, 6) is -0.572. The Bertz CT molecular complexity index is 612. The molecule has 0 unspecified atom stereocenters. The van der Waals surface area contributed by atoms with E-state index in [0.717, 1.165) is 11.8 Å². The standard InChI is InChI=1S/C11H10N2O4/c1-7-4-9(17-12-7)6-13-3-2-8(11(15)16)5-10(13)14/h2-5H,6H2,1H3,(H,15,16). The molecule has 2 aromatic heterocycles. The molecule has 0 saturated carbocycles. The summed E-state index contributed by atoms with van der Waals surface area (Å²) in [6.07, 6.45) is 1.42. The van der Waals surface area contributed by atoms with Crippen molar-refractivity contribution in [3.63, 3.8) is 0 Å². The highest BCUT2D eigenvalue weighted by Crippen LogP contribution is 2.04. The van der Waals surface area contributed by atoms with Crippen molar-refractivity contribution in [2.24, 2.45) is 0 Å². The molecule has 0 atom stereocenters. The van der Waals surface area contributed by atoms with Crippen molar-refractivity contribution >= 4 is 5.97 Å². The number of aromatic carboxylic acids is 1. The van der Waals surface area contributed by atoms with Gasteiger partial charge < -0.3 is 14.2 Å². The van der Waals surface area contributed by atoms with Crippen LogP contribution in [0.2, 0.25) is 0 Å². The number of hydrogen-bond acceptors (Lipinski definition) is 4. The first-order valence-corrected chi connectivity index (χ1v) is 4.92. The highest BCUT2D eigenvalue weighted by molar-refractivity contribution is 5.87. The second kappa shape index (κ2) is 4.25. The summed E-state index contributed by atoms with van der Waals surface area (Å²) in [7, 11) is 0. The number of rotatable bonds is 3. The summed E-state index contributed by atoms with van der Waals surface area (Å²) >= 11 is 0. The summed E-state index contributed by atoms with van der Waals surface area (Å²) in [5.41, 5.74) is 0.314. The average Bonchev–Trinajstić information content (AvgIpc) is 2.67. The number of carboxylic acid groups (broad SMARTS) is 1. The van der Waals surface area contributed by atoms with Crippen molar-refractivity contribution in [1.82, 2.24) is 9.72 Å². The second-order valence-corrected chi connectivity index (χ2v) is 3.62. The molecule has 2 rings (SSSR count). The minimum Gasteiger partial charge on any atom is -0.478 e. The molecule has 0 radical (unpaired) electrons. The van der Waals surface area contributed by atoms with Crippen LogP contribution in [-0.2, 0) is 6.54 Å². The third kappa shape index (κ3) is 2.41. The van der Waals surface area contributed by atoms with E-state index in [1.54, 1.807) is 13.0 Å². The van der Waals surface area contributed by atoms with Crippen molar-refractivity contribution < 1.29 is 14.4 Å². The zero-order chi connectivity index (χ0) is 12.4. The molecule has 6 nitrogen and oxygen atoms in total. The summed E-state index contributed by atoms with van der Waals surface area (Å²) < 4.78 is 6.33. The minimum absolute atomic E-state index is 0.0278. The predicted octanol–water partition coefficient (Wildman–Crippen LogP) is 0.891. The fraction of sp³-hybridized carbons (Fsp3) is 0.182. The third-order valence-electron chi connectivity index (χ3n) is 2.25. The Balaban J connectivity index is 2.28. The topological polar surface area (TPSA) is 85.3 Å². The van der Waals surface area contributed by atoms with E-state index in [0.29, 0.717) is 5.76 Å². The molecule has 6 heteroatoms. The maximum atomic E-state index is 11.6. The Morgan fingerprint density at radius 3 is 2.82 bits per heavy atom. The Morgan fingerprint density at radius 1 is 1.53 bits per heavy atom. The van der Waals surface area contributed by atoms with Crippen LogP contribution in [0.5, 0.6) is 0 Å². The van der Waals surface area contributed by atoms with E-state index in [4.69, 9.17) is 9.63 Å². The van der Waals surface area contributed by atoms with Gasteiger partial charge >= 0.3 is 5.97 Å². The maximum absolute atomic E-state index is 11.6. The number of carboxylic acids is 1. The third-order valence-corrected chi connectivity index (χ3v) is 2.25. The van der Waals surface area contributed by atoms with Crippen molar-refractivity contribution in [3.8, 4) is 0 Å². The van der Waals surface area contributed by atoms with Crippen LogP contribution in [0.15, 0.2) is 33.7 Å². The van der Waals surface area contributed by atoms with Crippen molar-refractivity contribution in [2.45, 2.75) is 13.5 Å². The van der Waals surface area contributed by atoms with Crippen LogP contribution >= 0.6 is 0 Å². The van der Waals surface area contributed by atoms with Gasteiger partial charge in [0.2, 0.25) is 0 Å². The molecule has 1 N–H and O–H groups in total. The van der Waals surface area contributed by atoms with Crippen molar-refractivity contribution in [1.29, 1.82) is 0 Å². The van der Waals surface area contributed by atoms with Gasteiger partial charge in [-0.1, -0.05) is 5.16 Å². The van der Waals surface area contributed by atoms with E-state index in [-0.39, 0.29) is 17.7 Å². The molecule has 0 amide bonds. The number of aromatic nitrogens is 2. The lowest BCUT2D eigenvalue weighted by atomic mass is 10.2. The molecule has 0 saturated heterocycles. The Labute approximate surface area is 96.1 Å². The van der Waals surface area contributed by atoms with Gasteiger partial charge in [-0.25, -0.2) is 4.79 Å². The first-order chi connectivity index (χ1) is 8.06. The minimum atomic E-state index is -1.12. The summed E-state index contributed by atoms with van der Waals surface area (Å²) in [6, 6.07) is 4.16. The quantitative estimate of drug-likeness (QED) is 0.852. The van der Waals surface area contributed by atoms with Gasteiger partial charge in [0.05, 0.1) is 17.8 Å². The molecule has 0 aromatic carbocycles. The molecular formula is C11H10N2O4. The molecule has 0 spiro atoms. The molecule has 0 fully saturated rings. The number of aryl methyl sites for hydroxylation is 1. The van der Waals surface area contributed by atoms with Gasteiger partial charge in [0, 0.05) is 18.3 Å². The van der Waals surface area contributed by atoms with E-state index in [1.165, 1.54) is 16.8 Å². The Kier molecular flexibility index (Phi) is 2.78. The van der Waals surface area contributed by atoms with Crippen LogP contribution in [0, 0.1) is 6.92 Å². The zero-order valence-corrected chi connectivity index (χ0v) is 9.08. The van der Waals surface area contributed by atoms with Gasteiger partial charge in [0.25, 0.3) is 5.56 Å². The fourth-order valence-corrected chi connectivity index (χ4v) is 1.43. The van der Waals surface area contributed by atoms with Crippen LogP contribution in [0.3, 0.4) is 0 Å². The first kappa shape index (κ1) is 11.1. The Morgan fingerprint density at radius 2 is 2.29 bits per heavy atom. The molecule has 0 aliphatic rings. The summed E-state index contributed by atoms with van der Waals surface area (Å²) in [4.78, 5) is 22.2. The van der Waals surface area contributed by atoms with Gasteiger partial charge in [-0.2, -0.15) is 0 Å². The lowest BCUT2D eigenvalue weighted by Gasteiger charge is -2.02. The van der Waals surface area contributed by atoms with Gasteiger partial charge in [-0.15, -0.1) is 0 Å².